The third-order valence-corrected chi connectivity index (χ3v) is 9.26. The van der Waals surface area contributed by atoms with Crippen molar-refractivity contribution < 1.29 is 14.6 Å². The smallest absolute Gasteiger partial charge is 0.160 e. The molecule has 0 aliphatic heterocycles. The van der Waals surface area contributed by atoms with Gasteiger partial charge in [0, 0.05) is 51.9 Å². The van der Waals surface area contributed by atoms with Gasteiger partial charge in [0.05, 0.1) is 29.1 Å². The first-order chi connectivity index (χ1) is 18.8. The van der Waals surface area contributed by atoms with Crippen molar-refractivity contribution in [3.8, 4) is 28.7 Å². The second-order valence-corrected chi connectivity index (χ2v) is 11.8. The topological polar surface area (TPSA) is 103 Å². The molecule has 0 saturated heterocycles. The van der Waals surface area contributed by atoms with Gasteiger partial charge in [0.25, 0.3) is 0 Å². The molecule has 7 heteroatoms. The highest BCUT2D eigenvalue weighted by molar-refractivity contribution is 5.70. The van der Waals surface area contributed by atoms with Crippen LogP contribution >= 0.6 is 0 Å². The quantitative estimate of drug-likeness (QED) is 0.432. The van der Waals surface area contributed by atoms with E-state index < -0.39 is 16.9 Å². The van der Waals surface area contributed by atoms with Crippen LogP contribution in [0.15, 0.2) is 54.2 Å². The molecule has 2 heterocycles. The zero-order chi connectivity index (χ0) is 27.4. The maximum Gasteiger partial charge on any atom is 0.160 e. The van der Waals surface area contributed by atoms with Crippen LogP contribution in [0.4, 0.5) is 4.39 Å². The van der Waals surface area contributed by atoms with Crippen LogP contribution in [0, 0.1) is 28.5 Å². The number of aliphatic hydroxyl groups excluding tert-OH is 2. The zero-order valence-corrected chi connectivity index (χ0v) is 22.4. The highest BCUT2D eigenvalue weighted by Gasteiger charge is 2.56. The molecule has 1 fully saturated rings. The van der Waals surface area contributed by atoms with Gasteiger partial charge in [-0.15, -0.1) is 0 Å². The summed E-state index contributed by atoms with van der Waals surface area (Å²) in [4.78, 5) is 14.7. The Balaban J connectivity index is 1.61. The third-order valence-electron chi connectivity index (χ3n) is 9.26. The summed E-state index contributed by atoms with van der Waals surface area (Å²) in [6, 6.07) is 12.9. The SMILES string of the molecule is C[C@@]12C=C(C#N)C(O)[C@](C)(CCCO)[C@H]1CCc1c(-c3ccccc3F)nc(-c3ccnc(C4CC4)c3)nc12. The van der Waals surface area contributed by atoms with Crippen LogP contribution in [-0.2, 0) is 11.8 Å². The molecule has 3 aromatic rings. The zero-order valence-electron chi connectivity index (χ0n) is 22.4. The number of benzene rings is 1. The Hall–Kier alpha value is -3.47. The van der Waals surface area contributed by atoms with E-state index in [-0.39, 0.29) is 18.3 Å². The number of fused-ring (bicyclic) bond motifs is 3. The van der Waals surface area contributed by atoms with Gasteiger partial charge in [0.2, 0.25) is 0 Å². The van der Waals surface area contributed by atoms with Crippen molar-refractivity contribution in [2.45, 2.75) is 69.8 Å². The molecule has 39 heavy (non-hydrogen) atoms. The molecule has 200 valence electrons. The lowest BCUT2D eigenvalue weighted by molar-refractivity contribution is -0.0339. The number of nitriles is 1. The molecule has 0 radical (unpaired) electrons. The van der Waals surface area contributed by atoms with Crippen molar-refractivity contribution in [3.05, 3.63) is 77.0 Å². The molecule has 6 rings (SSSR count). The number of hydrogen-bond donors (Lipinski definition) is 2. The van der Waals surface area contributed by atoms with Crippen molar-refractivity contribution in [1.82, 2.24) is 15.0 Å². The molecule has 1 unspecified atom stereocenters. The van der Waals surface area contributed by atoms with E-state index in [0.29, 0.717) is 47.8 Å². The van der Waals surface area contributed by atoms with Gasteiger partial charge in [-0.3, -0.25) is 4.98 Å². The van der Waals surface area contributed by atoms with Gasteiger partial charge in [0.1, 0.15) is 5.82 Å². The minimum Gasteiger partial charge on any atom is -0.396 e. The summed E-state index contributed by atoms with van der Waals surface area (Å²) in [7, 11) is 0. The third kappa shape index (κ3) is 4.18. The van der Waals surface area contributed by atoms with Crippen LogP contribution in [0.2, 0.25) is 0 Å². The second-order valence-electron chi connectivity index (χ2n) is 11.8. The maximum atomic E-state index is 15.2. The lowest BCUT2D eigenvalue weighted by Crippen LogP contribution is -2.54. The van der Waals surface area contributed by atoms with E-state index in [1.54, 1.807) is 18.3 Å². The van der Waals surface area contributed by atoms with Crippen LogP contribution in [-0.4, -0.2) is 37.9 Å². The molecule has 4 atom stereocenters. The second kappa shape index (κ2) is 9.62. The summed E-state index contributed by atoms with van der Waals surface area (Å²) in [5, 5.41) is 31.0. The summed E-state index contributed by atoms with van der Waals surface area (Å²) in [6.07, 6.45) is 7.44. The molecule has 0 bridgehead atoms. The van der Waals surface area contributed by atoms with Gasteiger partial charge in [-0.05, 0) is 68.7 Å². The number of aromatic nitrogens is 3. The van der Waals surface area contributed by atoms with Crippen molar-refractivity contribution >= 4 is 0 Å². The first kappa shape index (κ1) is 25.8. The van der Waals surface area contributed by atoms with Gasteiger partial charge in [-0.1, -0.05) is 32.1 Å². The number of nitrogens with zero attached hydrogens (tertiary/aromatic N) is 4. The first-order valence-corrected chi connectivity index (χ1v) is 13.8. The molecular formula is C32H33FN4O2. The van der Waals surface area contributed by atoms with Gasteiger partial charge in [0.15, 0.2) is 5.82 Å². The van der Waals surface area contributed by atoms with E-state index in [9.17, 15) is 15.5 Å². The highest BCUT2D eigenvalue weighted by atomic mass is 19.1. The van der Waals surface area contributed by atoms with Crippen LogP contribution in [0.5, 0.6) is 0 Å². The molecular weight excluding hydrogens is 491 g/mol. The molecule has 3 aliphatic carbocycles. The highest BCUT2D eigenvalue weighted by Crippen LogP contribution is 2.58. The van der Waals surface area contributed by atoms with Gasteiger partial charge in [-0.2, -0.15) is 5.26 Å². The van der Waals surface area contributed by atoms with Crippen LogP contribution in [0.25, 0.3) is 22.6 Å². The Labute approximate surface area is 228 Å². The number of allylic oxidation sites excluding steroid dienone is 1. The molecule has 3 aliphatic rings. The van der Waals surface area contributed by atoms with E-state index in [2.05, 4.69) is 18.0 Å². The van der Waals surface area contributed by atoms with Crippen molar-refractivity contribution in [3.63, 3.8) is 0 Å². The van der Waals surface area contributed by atoms with E-state index in [1.807, 2.05) is 31.2 Å². The maximum absolute atomic E-state index is 15.2. The summed E-state index contributed by atoms with van der Waals surface area (Å²) in [5.41, 5.74) is 3.52. The van der Waals surface area contributed by atoms with Gasteiger partial charge in [-0.25, -0.2) is 14.4 Å². The number of aliphatic hydroxyl groups is 2. The van der Waals surface area contributed by atoms with Crippen LogP contribution in [0.1, 0.15) is 68.8 Å². The number of rotatable bonds is 6. The predicted octanol–water partition coefficient (Wildman–Crippen LogP) is 5.65. The normalized spacial score (nSPS) is 27.7. The average Bonchev–Trinajstić information content (AvgIpc) is 3.80. The lowest BCUT2D eigenvalue weighted by Gasteiger charge is -2.55. The summed E-state index contributed by atoms with van der Waals surface area (Å²) >= 11 is 0. The minimum absolute atomic E-state index is 0.0169. The van der Waals surface area contributed by atoms with Crippen molar-refractivity contribution in [1.29, 1.82) is 5.26 Å². The Morgan fingerprint density at radius 3 is 2.64 bits per heavy atom. The van der Waals surface area contributed by atoms with E-state index in [0.717, 1.165) is 41.8 Å². The molecule has 1 aromatic carbocycles. The summed E-state index contributed by atoms with van der Waals surface area (Å²) in [6.45, 7) is 4.12. The fraction of sp³-hybridized carbons (Fsp3) is 0.438. The Bertz CT molecular complexity index is 1510. The van der Waals surface area contributed by atoms with Gasteiger partial charge >= 0.3 is 0 Å². The molecule has 2 N–H and O–H groups in total. The van der Waals surface area contributed by atoms with E-state index in [1.165, 1.54) is 6.07 Å². The molecule has 2 aromatic heterocycles. The van der Waals surface area contributed by atoms with Gasteiger partial charge < -0.3 is 10.2 Å². The fourth-order valence-corrected chi connectivity index (χ4v) is 7.11. The first-order valence-electron chi connectivity index (χ1n) is 13.8. The Kier molecular flexibility index (Phi) is 6.36. The number of hydrogen-bond acceptors (Lipinski definition) is 6. The molecule has 6 nitrogen and oxygen atoms in total. The number of pyridine rings is 1. The summed E-state index contributed by atoms with van der Waals surface area (Å²) in [5.74, 6) is 0.592. The molecule has 0 amide bonds. The lowest BCUT2D eigenvalue weighted by atomic mass is 9.50. The summed E-state index contributed by atoms with van der Waals surface area (Å²) < 4.78 is 15.2. The van der Waals surface area contributed by atoms with Crippen LogP contribution in [0.3, 0.4) is 0 Å². The van der Waals surface area contributed by atoms with Crippen molar-refractivity contribution in [2.75, 3.05) is 6.61 Å². The fourth-order valence-electron chi connectivity index (χ4n) is 7.11. The Morgan fingerprint density at radius 1 is 1.13 bits per heavy atom. The minimum atomic E-state index is -0.928. The van der Waals surface area contributed by atoms with Crippen molar-refractivity contribution in [2.24, 2.45) is 11.3 Å². The standard InChI is InChI=1S/C32H33FN4O2/c1-31(13-5-15-38)26-11-10-23-27(22-6-3-4-7-24(22)33)36-30(20-12-14-35-25(16-20)19-8-9-19)37-28(23)32(26,2)17-21(18-34)29(31)39/h3-4,6-7,12,14,16-17,19,26,29,38-39H,5,8-11,13,15H2,1-2H3/t26-,29?,31-,32-/m1/s1. The molecule has 1 saturated carbocycles. The monoisotopic (exact) mass is 524 g/mol. The predicted molar refractivity (Wildman–Crippen MR) is 146 cm³/mol. The van der Waals surface area contributed by atoms with E-state index >= 15 is 4.39 Å². The average molecular weight is 525 g/mol. The Morgan fingerprint density at radius 2 is 1.92 bits per heavy atom. The largest absolute Gasteiger partial charge is 0.396 e. The molecule has 0 spiro atoms. The number of halogens is 1. The van der Waals surface area contributed by atoms with Crippen LogP contribution < -0.4 is 0 Å². The van der Waals surface area contributed by atoms with E-state index in [4.69, 9.17) is 9.97 Å².